The van der Waals surface area contributed by atoms with Crippen LogP contribution in [0, 0.1) is 13.8 Å². The first-order chi connectivity index (χ1) is 15.6. The summed E-state index contributed by atoms with van der Waals surface area (Å²) in [4.78, 5) is 9.42. The van der Waals surface area contributed by atoms with Crippen LogP contribution in [0.25, 0.3) is 22.0 Å². The lowest BCUT2D eigenvalue weighted by Gasteiger charge is -2.22. The molecule has 0 aliphatic carbocycles. The van der Waals surface area contributed by atoms with E-state index in [0.717, 1.165) is 59.6 Å². The molecule has 0 unspecified atom stereocenters. The van der Waals surface area contributed by atoms with Crippen molar-refractivity contribution in [1.29, 1.82) is 0 Å². The van der Waals surface area contributed by atoms with Crippen LogP contribution in [-0.2, 0) is 0 Å². The summed E-state index contributed by atoms with van der Waals surface area (Å²) in [6.45, 7) is 8.35. The molecule has 1 atom stereocenters. The van der Waals surface area contributed by atoms with Crippen LogP contribution in [0.1, 0.15) is 48.8 Å². The summed E-state index contributed by atoms with van der Waals surface area (Å²) >= 11 is 0. The number of nitrogens with one attached hydrogen (secondary N) is 2. The van der Waals surface area contributed by atoms with Gasteiger partial charge in [0.1, 0.15) is 11.6 Å². The molecular weight excluding hydrogens is 396 g/mol. The molecule has 2 aromatic carbocycles. The van der Waals surface area contributed by atoms with Crippen molar-refractivity contribution in [3.05, 3.63) is 71.8 Å². The molecule has 5 rings (SSSR count). The Hall–Kier alpha value is -3.25. The molecule has 0 radical (unpaired) electrons. The van der Waals surface area contributed by atoms with Gasteiger partial charge in [-0.1, -0.05) is 35.9 Å². The second kappa shape index (κ2) is 8.71. The fraction of sp³-hybridized carbons (Fsp3) is 0.346. The maximum atomic E-state index is 4.75. The number of hydrogen-bond acceptors (Lipinski definition) is 5. The van der Waals surface area contributed by atoms with Gasteiger partial charge in [-0.05, 0) is 70.0 Å². The van der Waals surface area contributed by atoms with Crippen molar-refractivity contribution in [3.63, 3.8) is 0 Å². The van der Waals surface area contributed by atoms with Crippen molar-refractivity contribution in [3.8, 4) is 11.1 Å². The Balaban J connectivity index is 1.48. The summed E-state index contributed by atoms with van der Waals surface area (Å²) in [6, 6.07) is 15.6. The first-order valence-electron chi connectivity index (χ1n) is 11.4. The molecule has 6 nitrogen and oxygen atoms in total. The summed E-state index contributed by atoms with van der Waals surface area (Å²) in [5, 5.41) is 12.7. The van der Waals surface area contributed by atoms with Gasteiger partial charge < -0.3 is 10.6 Å². The zero-order valence-corrected chi connectivity index (χ0v) is 19.0. The normalized spacial score (nSPS) is 15.7. The van der Waals surface area contributed by atoms with E-state index in [9.17, 15) is 0 Å². The fourth-order valence-corrected chi connectivity index (χ4v) is 4.52. The minimum atomic E-state index is 0.138. The third-order valence-corrected chi connectivity index (χ3v) is 6.32. The van der Waals surface area contributed by atoms with E-state index in [1.165, 1.54) is 11.1 Å². The van der Waals surface area contributed by atoms with Crippen LogP contribution < -0.4 is 10.6 Å². The lowest BCUT2D eigenvalue weighted by atomic mass is 10.0. The van der Waals surface area contributed by atoms with Gasteiger partial charge in [-0.15, -0.1) is 0 Å². The monoisotopic (exact) mass is 426 g/mol. The minimum absolute atomic E-state index is 0.138. The molecule has 0 bridgehead atoms. The van der Waals surface area contributed by atoms with E-state index in [0.29, 0.717) is 6.04 Å². The number of rotatable bonds is 5. The average Bonchev–Trinajstić information content (AvgIpc) is 3.30. The molecule has 2 N–H and O–H groups in total. The molecule has 0 spiro atoms. The third kappa shape index (κ3) is 4.23. The van der Waals surface area contributed by atoms with Gasteiger partial charge in [0, 0.05) is 23.2 Å². The van der Waals surface area contributed by atoms with Crippen molar-refractivity contribution in [2.24, 2.45) is 0 Å². The molecule has 4 aromatic rings. The van der Waals surface area contributed by atoms with Crippen molar-refractivity contribution in [2.75, 3.05) is 18.4 Å². The number of hydrogen-bond donors (Lipinski definition) is 2. The zero-order chi connectivity index (χ0) is 22.1. The van der Waals surface area contributed by atoms with Gasteiger partial charge in [-0.3, -0.25) is 4.68 Å². The highest BCUT2D eigenvalue weighted by molar-refractivity contribution is 5.92. The van der Waals surface area contributed by atoms with Gasteiger partial charge in [0.2, 0.25) is 0 Å². The SMILES string of the molecule is Cc1cccc([C@@H](C)Nc2nc(C)nc3ccc(-c4cnn(C5CCNCC5)c4)cc23)c1. The predicted molar refractivity (Wildman–Crippen MR) is 130 cm³/mol. The molecular formula is C26H30N6. The number of nitrogens with zero attached hydrogens (tertiary/aromatic N) is 4. The molecule has 164 valence electrons. The highest BCUT2D eigenvalue weighted by atomic mass is 15.3. The quantitative estimate of drug-likeness (QED) is 0.459. The van der Waals surface area contributed by atoms with Crippen LogP contribution in [0.5, 0.6) is 0 Å². The predicted octanol–water partition coefficient (Wildman–Crippen LogP) is 5.21. The van der Waals surface area contributed by atoms with E-state index in [2.05, 4.69) is 87.9 Å². The molecule has 6 heteroatoms. The number of piperidine rings is 1. The summed E-state index contributed by atoms with van der Waals surface area (Å²) in [6.07, 6.45) is 6.39. The van der Waals surface area contributed by atoms with Gasteiger partial charge >= 0.3 is 0 Å². The van der Waals surface area contributed by atoms with E-state index in [-0.39, 0.29) is 6.04 Å². The lowest BCUT2D eigenvalue weighted by Crippen LogP contribution is -2.29. The Morgan fingerprint density at radius 1 is 1.03 bits per heavy atom. The Bertz CT molecular complexity index is 1240. The Morgan fingerprint density at radius 2 is 1.88 bits per heavy atom. The molecule has 1 fully saturated rings. The van der Waals surface area contributed by atoms with Crippen LogP contribution in [-0.4, -0.2) is 32.8 Å². The van der Waals surface area contributed by atoms with Crippen LogP contribution in [0.4, 0.5) is 5.82 Å². The highest BCUT2D eigenvalue weighted by Gasteiger charge is 2.17. The molecule has 3 heterocycles. The summed E-state index contributed by atoms with van der Waals surface area (Å²) in [5.41, 5.74) is 5.72. The Morgan fingerprint density at radius 3 is 2.69 bits per heavy atom. The van der Waals surface area contributed by atoms with Crippen molar-refractivity contribution >= 4 is 16.7 Å². The molecule has 1 aliphatic rings. The first-order valence-corrected chi connectivity index (χ1v) is 11.4. The fourth-order valence-electron chi connectivity index (χ4n) is 4.52. The molecule has 0 saturated carbocycles. The van der Waals surface area contributed by atoms with Crippen LogP contribution >= 0.6 is 0 Å². The molecule has 1 saturated heterocycles. The van der Waals surface area contributed by atoms with E-state index in [1.54, 1.807) is 0 Å². The smallest absolute Gasteiger partial charge is 0.138 e. The molecule has 2 aromatic heterocycles. The first kappa shape index (κ1) is 20.6. The van der Waals surface area contributed by atoms with E-state index in [4.69, 9.17) is 4.98 Å². The average molecular weight is 427 g/mol. The van der Waals surface area contributed by atoms with Gasteiger partial charge in [-0.2, -0.15) is 5.10 Å². The van der Waals surface area contributed by atoms with Crippen LogP contribution in [0.2, 0.25) is 0 Å². The van der Waals surface area contributed by atoms with Crippen LogP contribution in [0.3, 0.4) is 0 Å². The van der Waals surface area contributed by atoms with Crippen molar-refractivity contribution in [1.82, 2.24) is 25.1 Å². The van der Waals surface area contributed by atoms with Gasteiger partial charge in [0.25, 0.3) is 0 Å². The summed E-state index contributed by atoms with van der Waals surface area (Å²) < 4.78 is 2.13. The summed E-state index contributed by atoms with van der Waals surface area (Å²) in [5.74, 6) is 1.64. The van der Waals surface area contributed by atoms with E-state index >= 15 is 0 Å². The number of aryl methyl sites for hydroxylation is 2. The third-order valence-electron chi connectivity index (χ3n) is 6.32. The van der Waals surface area contributed by atoms with Crippen LogP contribution in [0.15, 0.2) is 54.9 Å². The minimum Gasteiger partial charge on any atom is -0.363 e. The molecule has 32 heavy (non-hydrogen) atoms. The Labute approximate surface area is 189 Å². The lowest BCUT2D eigenvalue weighted by molar-refractivity contribution is 0.343. The standard InChI is InChI=1S/C26H30N6/c1-17-5-4-6-20(13-17)18(2)29-26-24-14-21(7-8-25(24)30-19(3)31-26)22-15-28-32(16-22)23-9-11-27-12-10-23/h4-8,13-16,18,23,27H,9-12H2,1-3H3,(H,29,30,31)/t18-/m1/s1. The number of benzene rings is 2. The van der Waals surface area contributed by atoms with Crippen molar-refractivity contribution in [2.45, 2.75) is 45.7 Å². The Kier molecular flexibility index (Phi) is 5.62. The van der Waals surface area contributed by atoms with Gasteiger partial charge in [0.05, 0.1) is 17.8 Å². The van der Waals surface area contributed by atoms with Crippen molar-refractivity contribution < 1.29 is 0 Å². The maximum absolute atomic E-state index is 4.75. The van der Waals surface area contributed by atoms with Gasteiger partial charge in [0.15, 0.2) is 0 Å². The second-order valence-electron chi connectivity index (χ2n) is 8.82. The summed E-state index contributed by atoms with van der Waals surface area (Å²) in [7, 11) is 0. The highest BCUT2D eigenvalue weighted by Crippen LogP contribution is 2.30. The second-order valence-corrected chi connectivity index (χ2v) is 8.82. The van der Waals surface area contributed by atoms with E-state index in [1.807, 2.05) is 13.1 Å². The topological polar surface area (TPSA) is 67.7 Å². The molecule has 0 amide bonds. The number of aromatic nitrogens is 4. The largest absolute Gasteiger partial charge is 0.363 e. The van der Waals surface area contributed by atoms with Gasteiger partial charge in [-0.25, -0.2) is 9.97 Å². The maximum Gasteiger partial charge on any atom is 0.138 e. The zero-order valence-electron chi connectivity index (χ0n) is 19.0. The molecule has 1 aliphatic heterocycles. The number of fused-ring (bicyclic) bond motifs is 1. The number of anilines is 1. The van der Waals surface area contributed by atoms with E-state index < -0.39 is 0 Å².